The molecule has 1 aromatic carbocycles. The Bertz CT molecular complexity index is 5610. The van der Waals surface area contributed by atoms with Gasteiger partial charge in [-0.15, -0.1) is 0 Å². The number of carbonyl (C=O) groups excluding carboxylic acids is 1. The van der Waals surface area contributed by atoms with Crippen molar-refractivity contribution in [3.63, 3.8) is 0 Å². The van der Waals surface area contributed by atoms with Gasteiger partial charge < -0.3 is 78.8 Å². The van der Waals surface area contributed by atoms with Crippen LogP contribution in [0.1, 0.15) is 42.7 Å². The van der Waals surface area contributed by atoms with Crippen LogP contribution < -0.4 is 43.6 Å². The van der Waals surface area contributed by atoms with Gasteiger partial charge in [0, 0.05) is 29.8 Å². The molecule has 53 heteroatoms. The average molecular weight is 1720 g/mol. The van der Waals surface area contributed by atoms with Crippen molar-refractivity contribution in [2.45, 2.75) is 105 Å². The fourth-order valence-corrected chi connectivity index (χ4v) is 19.3. The average Bonchev–Trinajstić information content (AvgIpc) is 1.55. The monoisotopic (exact) mass is 1720 g/mol. The van der Waals surface area contributed by atoms with E-state index in [-0.39, 0.29) is 77.7 Å². The number of aromatic nitrogens is 18. The van der Waals surface area contributed by atoms with Crippen molar-refractivity contribution in [2.75, 3.05) is 62.2 Å². The van der Waals surface area contributed by atoms with Gasteiger partial charge in [-0.25, -0.2) is 67.8 Å². The largest absolute Gasteiger partial charge is 0.472 e. The highest BCUT2D eigenvalue weighted by molar-refractivity contribution is 8.60. The molecule has 0 aliphatic carbocycles. The third kappa shape index (κ3) is 16.0. The number of rotatable bonds is 6. The molecule has 598 valence electrons. The highest BCUT2D eigenvalue weighted by atomic mass is 32.9. The van der Waals surface area contributed by atoms with E-state index >= 15 is 8.78 Å². The lowest BCUT2D eigenvalue weighted by Gasteiger charge is -2.33. The van der Waals surface area contributed by atoms with E-state index in [4.69, 9.17) is 105 Å². The van der Waals surface area contributed by atoms with Gasteiger partial charge in [0.1, 0.15) is 78.2 Å². The molecule has 43 nitrogen and oxygen atoms in total. The third-order valence-corrected chi connectivity index (χ3v) is 24.7. The molecule has 11 aromatic rings. The molecule has 20 atom stereocenters. The first-order valence-electron chi connectivity index (χ1n) is 33.2. The number of fused-ring (bicyclic) bond motifs is 8. The summed E-state index contributed by atoms with van der Waals surface area (Å²) in [5.41, 5.74) is 6.79. The SMILES string of the molecule is C.Nc1nc2c(ncn2[C@@H]2O[C@@H]3COP(=S)(S)O[C@H]4[C@H]5OC[C@]4(COP(=O)(O)O[C@@H]2[C@H]3F)O[C@H]5n2cnc3c(N)ncnc32)c(=O)[nH]1.Nc1nc2c(ncn2[C@@H]2O[C@@H]3COP(=S)(S)O[C@H]4[C@H]5OC[C@]4(COP(=O)(O)O[C@@H]2[C@H]3F)O[C@H]5n2cnc3c(NC(=O)c4ccccc4)ncnc32)c(=O)[nH]1.c1cc[nH+]cc1.c1cc[nH+]cc1. The van der Waals surface area contributed by atoms with E-state index in [1.165, 1.54) is 29.9 Å². The van der Waals surface area contributed by atoms with E-state index in [2.05, 4.69) is 99.6 Å². The number of amides is 1. The number of ether oxygens (including phenoxy) is 6. The Labute approximate surface area is 653 Å². The van der Waals surface area contributed by atoms with Gasteiger partial charge in [0.05, 0.1) is 65.0 Å². The molecule has 18 heterocycles. The normalized spacial score (nSPS) is 33.9. The number of imidazole rings is 4. The number of phosphoric ester groups is 2. The maximum absolute atomic E-state index is 16.1. The molecular weight excluding hydrogens is 1650 g/mol. The summed E-state index contributed by atoms with van der Waals surface area (Å²) in [5, 5.41) is 2.74. The van der Waals surface area contributed by atoms with Gasteiger partial charge in [-0.2, -0.15) is 9.97 Å². The zero-order chi connectivity index (χ0) is 78.2. The summed E-state index contributed by atoms with van der Waals surface area (Å²) in [6.45, 7) is -2.71. The first-order valence-corrected chi connectivity index (χ1v) is 43.8. The molecule has 8 aliphatic heterocycles. The number of nitrogens with one attached hydrogen (secondary N) is 5. The predicted octanol–water partition coefficient (Wildman–Crippen LogP) is 3.50. The molecule has 8 aliphatic rings. The standard InChI is InChI=1S/C28H27FN10O11P2S2.C21H23FN10O10P2S2.2C5H5N.CH4/c29-14-13-6-45-52(53,54)50-19-18-26(38-10-33-15-20(31-9-32-21(15)38)35-23(40)12-4-2-1-3-5-12)48-28(19,7-44-18)8-46-51(42,43)49-17(14)25(47-13)39-11-34-16-22(39)36-27(30)37-24(16)41;22-8-7-1-37-44(45,46)42-13-12-19(31-5-27-9-14(23)25-4-26-15(9)31)40-21(13,2-36-12)3-38-43(34,35)41-11(8)18(39-7)32-6-28-10-16(32)29-20(24)30-17(10)33;2*1-2-4-6-5-3-1;/h1-5,9-11,13-14,17-19,25-26H,6-8H2,(H,42,43)(H,53,54)(H3,30,36,37,41)(H,31,32,35,40);4-8,11-13,18-19H,1-3H2,(H,34,35)(H,45,46)(H2,23,25,26)(H3,24,29,30,33);2*1-5H;1H4/p+2/t13-,14+,17-,18-,19+,25-,26-,28-;7-,8+,11-,12-,13+,18-,19-,21-;;;/m11.../s1. The van der Waals surface area contributed by atoms with Crippen molar-refractivity contribution in [2.24, 2.45) is 0 Å². The second kappa shape index (κ2) is 31.8. The number of pyridine rings is 2. The van der Waals surface area contributed by atoms with Gasteiger partial charge in [0.15, 0.2) is 113 Å². The number of hydrogen-bond donors (Lipinski definition) is 10. The molecule has 0 radical (unpaired) electrons. The number of hydrogen-bond acceptors (Lipinski definition) is 34. The molecule has 4 unspecified atom stereocenters. The highest BCUT2D eigenvalue weighted by Crippen LogP contribution is 2.64. The lowest BCUT2D eigenvalue weighted by Crippen LogP contribution is -2.45. The van der Waals surface area contributed by atoms with Crippen LogP contribution in [0.5, 0.6) is 0 Å². The third-order valence-electron chi connectivity index (χ3n) is 18.5. The van der Waals surface area contributed by atoms with Gasteiger partial charge in [-0.1, -0.05) is 62.3 Å². The number of H-pyrrole nitrogens is 4. The van der Waals surface area contributed by atoms with Crippen LogP contribution in [0.2, 0.25) is 0 Å². The summed E-state index contributed by atoms with van der Waals surface area (Å²) in [6, 6.07) is 20.2. The number of thiol groups is 2. The number of alkyl halides is 2. The number of nitrogens with two attached hydrogens (primary N) is 3. The van der Waals surface area contributed by atoms with Crippen LogP contribution in [0, 0.1) is 0 Å². The number of nitrogens with zero attached hydrogens (tertiary/aromatic N) is 14. The predicted molar refractivity (Wildman–Crippen MR) is 400 cm³/mol. The molecule has 8 fully saturated rings. The van der Waals surface area contributed by atoms with Crippen LogP contribution in [0.15, 0.2) is 139 Å². The Morgan fingerprint density at radius 2 is 0.965 bits per heavy atom. The minimum Gasteiger partial charge on any atom is -0.382 e. The van der Waals surface area contributed by atoms with Crippen molar-refractivity contribution in [3.05, 3.63) is 156 Å². The second-order valence-electron chi connectivity index (χ2n) is 25.6. The summed E-state index contributed by atoms with van der Waals surface area (Å²) >= 11 is 20.2. The second-order valence-corrected chi connectivity index (χ2v) is 38.9. The molecule has 8 saturated heterocycles. The van der Waals surface area contributed by atoms with Gasteiger partial charge in [-0.05, 0) is 35.7 Å². The number of aromatic amines is 4. The zero-order valence-corrected chi connectivity index (χ0v) is 63.8. The smallest absolute Gasteiger partial charge is 0.382 e. The van der Waals surface area contributed by atoms with Crippen LogP contribution in [0.25, 0.3) is 44.7 Å². The van der Waals surface area contributed by atoms with Crippen LogP contribution >= 0.6 is 51.5 Å². The van der Waals surface area contributed by atoms with E-state index in [1.807, 2.05) is 61.2 Å². The van der Waals surface area contributed by atoms with E-state index < -0.39 is 168 Å². The minimum absolute atomic E-state index is 0. The Hall–Kier alpha value is -8.13. The first-order chi connectivity index (χ1) is 53.7. The van der Waals surface area contributed by atoms with Crippen molar-refractivity contribution in [3.8, 4) is 0 Å². The fraction of sp³-hybridized carbons (Fsp3) is 0.383. The first kappa shape index (κ1) is 80.1. The quantitative estimate of drug-likeness (QED) is 0.0841. The van der Waals surface area contributed by atoms with Crippen LogP contribution in [-0.4, -0.2) is 206 Å². The zero-order valence-electron chi connectivity index (χ0n) is 56.8. The molecule has 13 N–H and O–H groups in total. The Morgan fingerprint density at radius 3 is 1.41 bits per heavy atom. The molecule has 10 aromatic heterocycles. The minimum atomic E-state index is -5.15. The summed E-state index contributed by atoms with van der Waals surface area (Å²) in [5.74, 6) is -0.665. The Kier molecular flexibility index (Phi) is 22.5. The van der Waals surface area contributed by atoms with E-state index in [1.54, 1.807) is 34.9 Å². The number of halogens is 2. The van der Waals surface area contributed by atoms with Crippen molar-refractivity contribution < 1.29 is 107 Å². The Morgan fingerprint density at radius 1 is 0.549 bits per heavy atom. The topological polar surface area (TPSA) is 554 Å². The lowest BCUT2D eigenvalue weighted by atomic mass is 10.0. The molecule has 19 rings (SSSR count). The molecular formula is C60H66F2N22O21P4S4+2. The summed E-state index contributed by atoms with van der Waals surface area (Å²) in [4.78, 5) is 111. The van der Waals surface area contributed by atoms with Crippen LogP contribution in [0.3, 0.4) is 0 Å². The summed E-state index contributed by atoms with van der Waals surface area (Å²) < 4.78 is 147. The van der Waals surface area contributed by atoms with E-state index in [0.29, 0.717) is 16.7 Å². The Balaban J connectivity index is 0.000000155. The summed E-state index contributed by atoms with van der Waals surface area (Å²) in [7, 11) is -10.2. The van der Waals surface area contributed by atoms with Crippen LogP contribution in [-0.2, 0) is 97.4 Å². The molecule has 0 saturated carbocycles. The molecule has 113 heavy (non-hydrogen) atoms. The fourth-order valence-electron chi connectivity index (χ4n) is 13.4. The number of benzene rings is 1. The maximum atomic E-state index is 16.1. The number of carbonyl (C=O) groups is 1. The maximum Gasteiger partial charge on any atom is 0.472 e. The highest BCUT2D eigenvalue weighted by Gasteiger charge is 2.68. The molecule has 8 bridgehead atoms. The number of nitrogen functional groups attached to an aromatic ring is 3. The number of phosphoric acid groups is 2. The molecule has 0 spiro atoms. The van der Waals surface area contributed by atoms with Gasteiger partial charge in [-0.3, -0.25) is 60.7 Å². The van der Waals surface area contributed by atoms with Gasteiger partial charge in [0.2, 0.25) is 23.3 Å². The summed E-state index contributed by atoms with van der Waals surface area (Å²) in [6.07, 6.45) is -4.49. The van der Waals surface area contributed by atoms with Crippen molar-refractivity contribution in [1.29, 1.82) is 0 Å². The van der Waals surface area contributed by atoms with Crippen molar-refractivity contribution >= 4 is 149 Å². The van der Waals surface area contributed by atoms with E-state index in [0.717, 1.165) is 21.8 Å². The van der Waals surface area contributed by atoms with Crippen molar-refractivity contribution in [1.82, 2.24) is 78.1 Å². The number of anilines is 4. The lowest BCUT2D eigenvalue weighted by molar-refractivity contribution is -0.378. The van der Waals surface area contributed by atoms with Crippen LogP contribution in [0.4, 0.5) is 32.3 Å². The van der Waals surface area contributed by atoms with Gasteiger partial charge >= 0.3 is 15.6 Å². The van der Waals surface area contributed by atoms with E-state index in [9.17, 15) is 33.3 Å². The van der Waals surface area contributed by atoms with Gasteiger partial charge in [0.25, 0.3) is 17.0 Å². The molecule has 1 amide bonds.